The number of fused-ring (bicyclic) bond motifs is 1. The van der Waals surface area contributed by atoms with Gasteiger partial charge in [-0.3, -0.25) is 4.79 Å². The highest BCUT2D eigenvalue weighted by atomic mass is 16.1. The number of aryl methyl sites for hydroxylation is 1. The number of rotatable bonds is 6. The number of nitrogens with zero attached hydrogens (tertiary/aromatic N) is 3. The molecule has 0 aliphatic rings. The van der Waals surface area contributed by atoms with Crippen LogP contribution in [0.25, 0.3) is 22.2 Å². The van der Waals surface area contributed by atoms with E-state index < -0.39 is 0 Å². The second-order valence-electron chi connectivity index (χ2n) is 6.74. The van der Waals surface area contributed by atoms with Crippen LogP contribution in [0.5, 0.6) is 0 Å². The summed E-state index contributed by atoms with van der Waals surface area (Å²) in [5.41, 5.74) is 4.73. The number of nitriles is 1. The minimum atomic E-state index is -0.135. The van der Waals surface area contributed by atoms with Gasteiger partial charge >= 0.3 is 0 Å². The van der Waals surface area contributed by atoms with Gasteiger partial charge in [-0.05, 0) is 36.2 Å². The molecule has 0 bridgehead atoms. The highest BCUT2D eigenvalue weighted by molar-refractivity contribution is 6.01. The van der Waals surface area contributed by atoms with E-state index in [0.717, 1.165) is 35.1 Å². The molecule has 3 aromatic carbocycles. The van der Waals surface area contributed by atoms with Gasteiger partial charge in [-0.25, -0.2) is 4.98 Å². The zero-order chi connectivity index (χ0) is 20.1. The summed E-state index contributed by atoms with van der Waals surface area (Å²) in [6.07, 6.45) is 2.63. The third kappa shape index (κ3) is 3.87. The van der Waals surface area contributed by atoms with Crippen LogP contribution in [0.3, 0.4) is 0 Å². The molecular weight excluding hydrogens is 360 g/mol. The largest absolute Gasteiger partial charge is 0.352 e. The van der Waals surface area contributed by atoms with Crippen molar-refractivity contribution in [3.05, 3.63) is 90.3 Å². The third-order valence-electron chi connectivity index (χ3n) is 4.90. The fraction of sp³-hybridized carbons (Fsp3) is 0.125. The normalized spacial score (nSPS) is 10.6. The number of benzene rings is 3. The van der Waals surface area contributed by atoms with Gasteiger partial charge in [-0.1, -0.05) is 48.5 Å². The van der Waals surface area contributed by atoms with Crippen molar-refractivity contribution in [2.45, 2.75) is 13.0 Å². The van der Waals surface area contributed by atoms with Crippen LogP contribution in [0.2, 0.25) is 0 Å². The first-order valence-electron chi connectivity index (χ1n) is 9.54. The predicted octanol–water partition coefficient (Wildman–Crippen LogP) is 4.40. The molecule has 4 rings (SSSR count). The van der Waals surface area contributed by atoms with Crippen molar-refractivity contribution < 1.29 is 4.79 Å². The number of amides is 1. The molecule has 0 aliphatic heterocycles. The van der Waals surface area contributed by atoms with Crippen molar-refractivity contribution in [1.29, 1.82) is 5.26 Å². The number of nitrogens with one attached hydrogen (secondary N) is 1. The van der Waals surface area contributed by atoms with E-state index in [2.05, 4.69) is 20.9 Å². The van der Waals surface area contributed by atoms with Crippen molar-refractivity contribution in [3.63, 3.8) is 0 Å². The molecule has 1 aromatic heterocycles. The molecule has 0 unspecified atom stereocenters. The van der Waals surface area contributed by atoms with Crippen molar-refractivity contribution in [3.8, 4) is 17.2 Å². The molecule has 4 aromatic rings. The summed E-state index contributed by atoms with van der Waals surface area (Å²) in [7, 11) is 0. The van der Waals surface area contributed by atoms with E-state index in [1.807, 2.05) is 67.0 Å². The van der Waals surface area contributed by atoms with Crippen LogP contribution < -0.4 is 5.32 Å². The Kier molecular flexibility index (Phi) is 5.35. The summed E-state index contributed by atoms with van der Waals surface area (Å²) in [5.74, 6) is -0.135. The average molecular weight is 380 g/mol. The molecule has 0 spiro atoms. The number of aromatic nitrogens is 2. The molecule has 1 amide bonds. The maximum Gasteiger partial charge on any atom is 0.251 e. The Labute approximate surface area is 169 Å². The van der Waals surface area contributed by atoms with Gasteiger partial charge in [0.25, 0.3) is 5.91 Å². The lowest BCUT2D eigenvalue weighted by molar-refractivity contribution is 0.0953. The molecule has 0 atom stereocenters. The van der Waals surface area contributed by atoms with E-state index in [4.69, 9.17) is 0 Å². The molecule has 5 heteroatoms. The Morgan fingerprint density at radius 2 is 1.69 bits per heavy atom. The Morgan fingerprint density at radius 3 is 2.55 bits per heavy atom. The van der Waals surface area contributed by atoms with E-state index in [-0.39, 0.29) is 5.91 Å². The van der Waals surface area contributed by atoms with Crippen LogP contribution in [-0.2, 0) is 6.54 Å². The summed E-state index contributed by atoms with van der Waals surface area (Å²) >= 11 is 0. The van der Waals surface area contributed by atoms with Gasteiger partial charge in [0.2, 0.25) is 0 Å². The first-order valence-corrected chi connectivity index (χ1v) is 9.54. The maximum absolute atomic E-state index is 12.8. The average Bonchev–Trinajstić information content (AvgIpc) is 3.19. The topological polar surface area (TPSA) is 70.7 Å². The predicted molar refractivity (Wildman–Crippen MR) is 113 cm³/mol. The summed E-state index contributed by atoms with van der Waals surface area (Å²) in [4.78, 5) is 17.2. The van der Waals surface area contributed by atoms with Crippen molar-refractivity contribution in [2.24, 2.45) is 0 Å². The van der Waals surface area contributed by atoms with Gasteiger partial charge in [-0.2, -0.15) is 5.26 Å². The second kappa shape index (κ2) is 8.41. The molecule has 0 radical (unpaired) electrons. The van der Waals surface area contributed by atoms with Crippen LogP contribution >= 0.6 is 0 Å². The summed E-state index contributed by atoms with van der Waals surface area (Å²) < 4.78 is 2.10. The Hall–Kier alpha value is -3.91. The molecule has 1 N–H and O–H groups in total. The number of hydrogen-bond acceptors (Lipinski definition) is 3. The zero-order valence-corrected chi connectivity index (χ0v) is 15.9. The van der Waals surface area contributed by atoms with Gasteiger partial charge in [0.15, 0.2) is 0 Å². The van der Waals surface area contributed by atoms with E-state index in [1.54, 1.807) is 12.1 Å². The molecule has 142 valence electrons. The standard InChI is InChI=1S/C24H20N4O/c25-16-18-8-1-2-9-19(18)20-10-3-4-11-21(20)24(29)26-14-7-15-28-17-27-22-12-5-6-13-23(22)28/h1-6,8-13,17H,7,14-15H2,(H,26,29). The van der Waals surface area contributed by atoms with Crippen LogP contribution in [0.4, 0.5) is 0 Å². The molecule has 1 heterocycles. The zero-order valence-electron chi connectivity index (χ0n) is 15.9. The van der Waals surface area contributed by atoms with E-state index >= 15 is 0 Å². The third-order valence-corrected chi connectivity index (χ3v) is 4.90. The molecular formula is C24H20N4O. The van der Waals surface area contributed by atoms with Crippen LogP contribution in [0.1, 0.15) is 22.3 Å². The van der Waals surface area contributed by atoms with E-state index in [9.17, 15) is 10.1 Å². The second-order valence-corrected chi connectivity index (χ2v) is 6.74. The van der Waals surface area contributed by atoms with E-state index in [0.29, 0.717) is 17.7 Å². The first kappa shape index (κ1) is 18.5. The van der Waals surface area contributed by atoms with Crippen molar-refractivity contribution in [2.75, 3.05) is 6.54 Å². The van der Waals surface area contributed by atoms with Crippen LogP contribution in [0.15, 0.2) is 79.1 Å². The monoisotopic (exact) mass is 380 g/mol. The summed E-state index contributed by atoms with van der Waals surface area (Å²) in [5, 5.41) is 12.4. The Bertz CT molecular complexity index is 1200. The van der Waals surface area contributed by atoms with Gasteiger partial charge in [0, 0.05) is 24.2 Å². The van der Waals surface area contributed by atoms with Gasteiger partial charge < -0.3 is 9.88 Å². The number of carbonyl (C=O) groups excluding carboxylic acids is 1. The fourth-order valence-corrected chi connectivity index (χ4v) is 3.47. The minimum absolute atomic E-state index is 0.135. The quantitative estimate of drug-likeness (QED) is 0.504. The van der Waals surface area contributed by atoms with Gasteiger partial charge in [0.1, 0.15) is 0 Å². The van der Waals surface area contributed by atoms with Gasteiger partial charge in [-0.15, -0.1) is 0 Å². The van der Waals surface area contributed by atoms with Crippen molar-refractivity contribution in [1.82, 2.24) is 14.9 Å². The number of carbonyl (C=O) groups is 1. The smallest absolute Gasteiger partial charge is 0.251 e. The molecule has 0 aliphatic carbocycles. The minimum Gasteiger partial charge on any atom is -0.352 e. The van der Waals surface area contributed by atoms with Crippen LogP contribution in [0, 0.1) is 11.3 Å². The highest BCUT2D eigenvalue weighted by Gasteiger charge is 2.14. The fourth-order valence-electron chi connectivity index (χ4n) is 3.47. The molecule has 5 nitrogen and oxygen atoms in total. The number of imidazole rings is 1. The lowest BCUT2D eigenvalue weighted by Gasteiger charge is -2.12. The lowest BCUT2D eigenvalue weighted by Crippen LogP contribution is -2.25. The number of para-hydroxylation sites is 2. The molecule has 0 saturated heterocycles. The SMILES string of the molecule is N#Cc1ccccc1-c1ccccc1C(=O)NCCCn1cnc2ccccc21. The lowest BCUT2D eigenvalue weighted by atomic mass is 9.95. The van der Waals surface area contributed by atoms with Crippen LogP contribution in [-0.4, -0.2) is 22.0 Å². The Morgan fingerprint density at radius 1 is 0.966 bits per heavy atom. The van der Waals surface area contributed by atoms with Crippen molar-refractivity contribution >= 4 is 16.9 Å². The highest BCUT2D eigenvalue weighted by Crippen LogP contribution is 2.26. The number of hydrogen-bond donors (Lipinski definition) is 1. The Balaban J connectivity index is 1.44. The molecule has 0 fully saturated rings. The van der Waals surface area contributed by atoms with Gasteiger partial charge in [0.05, 0.1) is 29.0 Å². The summed E-state index contributed by atoms with van der Waals surface area (Å²) in [6.45, 7) is 1.33. The summed E-state index contributed by atoms with van der Waals surface area (Å²) in [6, 6.07) is 24.9. The molecule has 29 heavy (non-hydrogen) atoms. The maximum atomic E-state index is 12.8. The van der Waals surface area contributed by atoms with E-state index in [1.165, 1.54) is 0 Å². The molecule has 0 saturated carbocycles. The first-order chi connectivity index (χ1) is 14.3.